The molecule has 1 unspecified atom stereocenters. The summed E-state index contributed by atoms with van der Waals surface area (Å²) in [5, 5.41) is 18.3. The van der Waals surface area contributed by atoms with Crippen LogP contribution in [0.1, 0.15) is 5.56 Å². The van der Waals surface area contributed by atoms with Crippen LogP contribution in [-0.2, 0) is 4.79 Å². The van der Waals surface area contributed by atoms with Crippen molar-refractivity contribution in [3.8, 4) is 11.5 Å². The van der Waals surface area contributed by atoms with Crippen LogP contribution >= 0.6 is 46.4 Å². The van der Waals surface area contributed by atoms with Gasteiger partial charge in [-0.05, 0) is 36.4 Å². The molecular weight excluding hydrogens is 467 g/mol. The number of rotatable bonds is 1. The van der Waals surface area contributed by atoms with Gasteiger partial charge in [0.05, 0.1) is 20.6 Å². The minimum Gasteiger partial charge on any atom is -0.508 e. The van der Waals surface area contributed by atoms with E-state index in [4.69, 9.17) is 61.4 Å². The largest absolute Gasteiger partial charge is 0.508 e. The molecule has 0 bridgehead atoms. The molecule has 2 aromatic rings. The van der Waals surface area contributed by atoms with Crippen molar-refractivity contribution in [3.05, 3.63) is 61.6 Å². The van der Waals surface area contributed by atoms with Crippen molar-refractivity contribution in [2.24, 2.45) is 0 Å². The molecule has 2 aromatic carbocycles. The number of phenolic OH excluding ortho intramolecular Hbond substituents is 1. The number of halogens is 7. The maximum atomic E-state index is 12.8. The van der Waals surface area contributed by atoms with Crippen molar-refractivity contribution in [1.82, 2.24) is 0 Å². The molecule has 4 nitrogen and oxygen atoms in total. The summed E-state index contributed by atoms with van der Waals surface area (Å²) < 4.78 is 43.0. The van der Waals surface area contributed by atoms with E-state index >= 15 is 0 Å². The number of aliphatic carboxylic acids is 1. The van der Waals surface area contributed by atoms with E-state index in [9.17, 15) is 18.0 Å². The SMILES string of the molecule is O=C(O)C1=Cc2ccc(Cl)c(Cl)c2OC1C(F)(F)F.Oc1ccc(Cl)c(Cl)c1. The number of fused-ring (bicyclic) bond motifs is 1. The molecule has 0 radical (unpaired) electrons. The van der Waals surface area contributed by atoms with E-state index in [0.29, 0.717) is 10.0 Å². The number of hydrogen-bond donors (Lipinski definition) is 2. The predicted octanol–water partition coefficient (Wildman–Crippen LogP) is 6.48. The number of hydrogen-bond acceptors (Lipinski definition) is 3. The average Bonchev–Trinajstić information content (AvgIpc) is 2.60. The third kappa shape index (κ3) is 5.17. The number of phenols is 1. The standard InChI is InChI=1S/C11H5Cl2F3O3.C6H4Cl2O/c12-6-2-1-4-3-5(10(17)18)9(11(14,15)16)19-8(4)7(6)13;7-5-2-1-4(9)3-6(5)8/h1-3,9H,(H,17,18);1-3,9H. The Hall–Kier alpha value is -1.80. The van der Waals surface area contributed by atoms with E-state index in [-0.39, 0.29) is 27.1 Å². The summed E-state index contributed by atoms with van der Waals surface area (Å²) in [7, 11) is 0. The first kappa shape index (κ1) is 22.5. The molecule has 11 heteroatoms. The van der Waals surface area contributed by atoms with Crippen molar-refractivity contribution in [1.29, 1.82) is 0 Å². The summed E-state index contributed by atoms with van der Waals surface area (Å²) >= 11 is 22.5. The number of alkyl halides is 3. The van der Waals surface area contributed by atoms with Crippen LogP contribution in [-0.4, -0.2) is 28.5 Å². The zero-order chi connectivity index (χ0) is 21.2. The van der Waals surface area contributed by atoms with Crippen molar-refractivity contribution >= 4 is 58.4 Å². The highest BCUT2D eigenvalue weighted by Gasteiger charge is 2.48. The molecule has 3 rings (SSSR count). The molecule has 150 valence electrons. The van der Waals surface area contributed by atoms with Gasteiger partial charge < -0.3 is 14.9 Å². The highest BCUT2D eigenvalue weighted by atomic mass is 35.5. The van der Waals surface area contributed by atoms with Crippen LogP contribution in [0.4, 0.5) is 13.2 Å². The molecule has 1 atom stereocenters. The molecular formula is C17H9Cl4F3O4. The number of aromatic hydroxyl groups is 1. The van der Waals surface area contributed by atoms with Gasteiger partial charge in [-0.3, -0.25) is 0 Å². The summed E-state index contributed by atoms with van der Waals surface area (Å²) in [6.07, 6.45) is -6.57. The molecule has 28 heavy (non-hydrogen) atoms. The third-order valence-corrected chi connectivity index (χ3v) is 4.88. The number of carboxylic acid groups (broad SMARTS) is 1. The molecule has 0 saturated heterocycles. The summed E-state index contributed by atoms with van der Waals surface area (Å²) in [6, 6.07) is 7.09. The second-order valence-electron chi connectivity index (χ2n) is 5.32. The predicted molar refractivity (Wildman–Crippen MR) is 101 cm³/mol. The van der Waals surface area contributed by atoms with Crippen LogP contribution in [0, 0.1) is 0 Å². The summed E-state index contributed by atoms with van der Waals surface area (Å²) in [4.78, 5) is 10.9. The van der Waals surface area contributed by atoms with Crippen LogP contribution in [0.5, 0.6) is 11.5 Å². The Labute approximate surface area is 176 Å². The minimum atomic E-state index is -4.87. The van der Waals surface area contributed by atoms with Gasteiger partial charge in [0.25, 0.3) is 0 Å². The molecule has 1 aliphatic rings. The lowest BCUT2D eigenvalue weighted by atomic mass is 10.0. The lowest BCUT2D eigenvalue weighted by Crippen LogP contribution is -2.40. The minimum absolute atomic E-state index is 0.0218. The number of ether oxygens (including phenoxy) is 1. The van der Waals surface area contributed by atoms with Gasteiger partial charge in [-0.25, -0.2) is 4.79 Å². The fourth-order valence-electron chi connectivity index (χ4n) is 2.11. The Balaban J connectivity index is 0.000000261. The van der Waals surface area contributed by atoms with Crippen LogP contribution in [0.25, 0.3) is 6.08 Å². The maximum Gasteiger partial charge on any atom is 0.430 e. The van der Waals surface area contributed by atoms with E-state index in [0.717, 1.165) is 6.08 Å². The van der Waals surface area contributed by atoms with E-state index < -0.39 is 23.8 Å². The van der Waals surface area contributed by atoms with Crippen molar-refractivity contribution in [3.63, 3.8) is 0 Å². The summed E-state index contributed by atoms with van der Waals surface area (Å²) in [5.74, 6) is -1.86. The maximum absolute atomic E-state index is 12.8. The smallest absolute Gasteiger partial charge is 0.430 e. The Morgan fingerprint density at radius 2 is 1.61 bits per heavy atom. The Bertz CT molecular complexity index is 945. The molecule has 0 aromatic heterocycles. The zero-order valence-electron chi connectivity index (χ0n) is 13.4. The molecule has 1 heterocycles. The first-order valence-corrected chi connectivity index (χ1v) is 8.73. The number of carbonyl (C=O) groups is 1. The fourth-order valence-corrected chi connectivity index (χ4v) is 2.76. The lowest BCUT2D eigenvalue weighted by Gasteiger charge is -2.27. The van der Waals surface area contributed by atoms with E-state index in [2.05, 4.69) is 0 Å². The van der Waals surface area contributed by atoms with E-state index in [1.165, 1.54) is 24.3 Å². The number of benzene rings is 2. The van der Waals surface area contributed by atoms with Gasteiger partial charge in [0.15, 0.2) is 0 Å². The van der Waals surface area contributed by atoms with Gasteiger partial charge in [0.1, 0.15) is 16.5 Å². The summed E-state index contributed by atoms with van der Waals surface area (Å²) in [5.41, 5.74) is -0.773. The highest BCUT2D eigenvalue weighted by molar-refractivity contribution is 6.43. The van der Waals surface area contributed by atoms with Gasteiger partial charge in [0.2, 0.25) is 6.10 Å². The molecule has 0 amide bonds. The average molecular weight is 476 g/mol. The lowest BCUT2D eigenvalue weighted by molar-refractivity contribution is -0.187. The van der Waals surface area contributed by atoms with Gasteiger partial charge in [-0.2, -0.15) is 13.2 Å². The van der Waals surface area contributed by atoms with Crippen LogP contribution in [0.15, 0.2) is 35.9 Å². The van der Waals surface area contributed by atoms with Gasteiger partial charge in [0, 0.05) is 5.56 Å². The zero-order valence-corrected chi connectivity index (χ0v) is 16.4. The molecule has 0 saturated carbocycles. The first-order chi connectivity index (χ1) is 12.9. The first-order valence-electron chi connectivity index (χ1n) is 7.22. The monoisotopic (exact) mass is 474 g/mol. The van der Waals surface area contributed by atoms with Crippen LogP contribution in [0.2, 0.25) is 20.1 Å². The van der Waals surface area contributed by atoms with Crippen LogP contribution < -0.4 is 4.74 Å². The quantitative estimate of drug-likeness (QED) is 0.495. The van der Waals surface area contributed by atoms with Crippen molar-refractivity contribution in [2.45, 2.75) is 12.3 Å². The molecule has 0 aliphatic carbocycles. The van der Waals surface area contributed by atoms with Gasteiger partial charge in [-0.15, -0.1) is 0 Å². The molecule has 0 spiro atoms. The van der Waals surface area contributed by atoms with E-state index in [1.807, 2.05) is 0 Å². The summed E-state index contributed by atoms with van der Waals surface area (Å²) in [6.45, 7) is 0. The van der Waals surface area contributed by atoms with Crippen molar-refractivity contribution < 1.29 is 32.9 Å². The molecule has 2 N–H and O–H groups in total. The van der Waals surface area contributed by atoms with Gasteiger partial charge in [-0.1, -0.05) is 46.4 Å². The highest BCUT2D eigenvalue weighted by Crippen LogP contribution is 2.43. The van der Waals surface area contributed by atoms with E-state index in [1.54, 1.807) is 6.07 Å². The number of carboxylic acids is 1. The molecule has 1 aliphatic heterocycles. The van der Waals surface area contributed by atoms with Gasteiger partial charge >= 0.3 is 12.1 Å². The van der Waals surface area contributed by atoms with Crippen LogP contribution in [0.3, 0.4) is 0 Å². The second-order valence-corrected chi connectivity index (χ2v) is 6.92. The van der Waals surface area contributed by atoms with Crippen molar-refractivity contribution in [2.75, 3.05) is 0 Å². The fraction of sp³-hybridized carbons (Fsp3) is 0.118. The second kappa shape index (κ2) is 8.69. The third-order valence-electron chi connectivity index (χ3n) is 3.36. The Kier molecular flexibility index (Phi) is 6.98. The Morgan fingerprint density at radius 3 is 2.11 bits per heavy atom. The molecule has 0 fully saturated rings. The Morgan fingerprint density at radius 1 is 1.00 bits per heavy atom. The normalized spacial score (nSPS) is 15.5. The topological polar surface area (TPSA) is 66.8 Å².